The van der Waals surface area contributed by atoms with Gasteiger partial charge in [-0.2, -0.15) is 0 Å². The van der Waals surface area contributed by atoms with Crippen LogP contribution in [-0.2, 0) is 0 Å². The summed E-state index contributed by atoms with van der Waals surface area (Å²) in [5.41, 5.74) is 1.02. The second-order valence-electron chi connectivity index (χ2n) is 3.91. The summed E-state index contributed by atoms with van der Waals surface area (Å²) in [6.45, 7) is 0. The molecule has 62 valence electrons. The molecule has 0 unspecified atom stereocenters. The van der Waals surface area contributed by atoms with E-state index in [1.165, 1.54) is 0 Å². The van der Waals surface area contributed by atoms with Crippen LogP contribution in [0.2, 0.25) is 0 Å². The first-order valence-corrected chi connectivity index (χ1v) is 4.47. The number of hydrogen-bond acceptors (Lipinski definition) is 2. The van der Waals surface area contributed by atoms with Crippen LogP contribution in [0.5, 0.6) is 0 Å². The van der Waals surface area contributed by atoms with Gasteiger partial charge in [0.05, 0.1) is 5.71 Å². The lowest BCUT2D eigenvalue weighted by molar-refractivity contribution is 0.316. The van der Waals surface area contributed by atoms with Crippen LogP contribution in [-0.4, -0.2) is 10.9 Å². The topological polar surface area (TPSA) is 32.6 Å². The van der Waals surface area contributed by atoms with Crippen molar-refractivity contribution in [3.8, 4) is 0 Å². The van der Waals surface area contributed by atoms with Crippen LogP contribution in [0, 0.1) is 23.7 Å². The van der Waals surface area contributed by atoms with Gasteiger partial charge < -0.3 is 5.21 Å². The maximum absolute atomic E-state index is 8.75. The SMILES string of the molecule is O/N=C1/C[C@@H]2C=CC=C[C@H]3[C@@H]1[C@@H]32. The minimum Gasteiger partial charge on any atom is -0.411 e. The zero-order chi connectivity index (χ0) is 8.13. The lowest BCUT2D eigenvalue weighted by Gasteiger charge is -2.05. The Morgan fingerprint density at radius 2 is 2.17 bits per heavy atom. The Bertz CT molecular complexity index is 301. The van der Waals surface area contributed by atoms with Crippen LogP contribution in [0.25, 0.3) is 0 Å². The van der Waals surface area contributed by atoms with Crippen molar-refractivity contribution >= 4 is 5.71 Å². The highest BCUT2D eigenvalue weighted by molar-refractivity contribution is 5.93. The van der Waals surface area contributed by atoms with Gasteiger partial charge in [0.25, 0.3) is 0 Å². The van der Waals surface area contributed by atoms with Crippen LogP contribution in [0.15, 0.2) is 29.5 Å². The van der Waals surface area contributed by atoms with E-state index in [0.717, 1.165) is 18.1 Å². The van der Waals surface area contributed by atoms with Gasteiger partial charge in [0.2, 0.25) is 0 Å². The van der Waals surface area contributed by atoms with Crippen LogP contribution in [0.4, 0.5) is 0 Å². The first kappa shape index (κ1) is 6.46. The number of rotatable bonds is 0. The van der Waals surface area contributed by atoms with Crippen molar-refractivity contribution in [2.24, 2.45) is 28.8 Å². The predicted octanol–water partition coefficient (Wildman–Crippen LogP) is 1.82. The molecule has 2 saturated carbocycles. The number of nitrogens with zero attached hydrogens (tertiary/aromatic N) is 1. The van der Waals surface area contributed by atoms with Gasteiger partial charge in [0.1, 0.15) is 0 Å². The van der Waals surface area contributed by atoms with E-state index < -0.39 is 0 Å². The third-order valence-electron chi connectivity index (χ3n) is 3.39. The summed E-state index contributed by atoms with van der Waals surface area (Å²) in [6, 6.07) is 0. The van der Waals surface area contributed by atoms with Crippen molar-refractivity contribution in [3.63, 3.8) is 0 Å². The van der Waals surface area contributed by atoms with Crippen LogP contribution >= 0.6 is 0 Å². The molecule has 0 radical (unpaired) electrons. The molecule has 12 heavy (non-hydrogen) atoms. The van der Waals surface area contributed by atoms with Gasteiger partial charge >= 0.3 is 0 Å². The van der Waals surface area contributed by atoms with Crippen LogP contribution in [0.1, 0.15) is 6.42 Å². The molecule has 2 nitrogen and oxygen atoms in total. The van der Waals surface area contributed by atoms with E-state index in [9.17, 15) is 0 Å². The molecule has 0 aromatic rings. The van der Waals surface area contributed by atoms with E-state index in [-0.39, 0.29) is 0 Å². The maximum Gasteiger partial charge on any atom is 0.0616 e. The molecule has 0 amide bonds. The Kier molecular flexibility index (Phi) is 1.08. The van der Waals surface area contributed by atoms with Gasteiger partial charge in [-0.15, -0.1) is 0 Å². The fourth-order valence-electron chi connectivity index (χ4n) is 2.82. The highest BCUT2D eigenvalue weighted by Crippen LogP contribution is 2.60. The summed E-state index contributed by atoms with van der Waals surface area (Å²) >= 11 is 0. The van der Waals surface area contributed by atoms with Crippen molar-refractivity contribution in [2.75, 3.05) is 0 Å². The Balaban J connectivity index is 2.00. The smallest absolute Gasteiger partial charge is 0.0616 e. The third kappa shape index (κ3) is 0.631. The monoisotopic (exact) mass is 161 g/mol. The van der Waals surface area contributed by atoms with Crippen molar-refractivity contribution < 1.29 is 5.21 Å². The third-order valence-corrected chi connectivity index (χ3v) is 3.39. The molecule has 2 heteroatoms. The Morgan fingerprint density at radius 3 is 3.00 bits per heavy atom. The molecule has 0 saturated heterocycles. The van der Waals surface area contributed by atoms with Crippen molar-refractivity contribution in [3.05, 3.63) is 24.3 Å². The van der Waals surface area contributed by atoms with Gasteiger partial charge in [0, 0.05) is 5.92 Å². The van der Waals surface area contributed by atoms with E-state index in [4.69, 9.17) is 5.21 Å². The van der Waals surface area contributed by atoms with Gasteiger partial charge in [0.15, 0.2) is 0 Å². The molecule has 1 N–H and O–H groups in total. The van der Waals surface area contributed by atoms with Crippen LogP contribution < -0.4 is 0 Å². The average molecular weight is 161 g/mol. The highest BCUT2D eigenvalue weighted by atomic mass is 16.4. The predicted molar refractivity (Wildman–Crippen MR) is 46.1 cm³/mol. The molecule has 0 bridgehead atoms. The zero-order valence-corrected chi connectivity index (χ0v) is 6.72. The van der Waals surface area contributed by atoms with E-state index in [1.54, 1.807) is 0 Å². The van der Waals surface area contributed by atoms with Crippen molar-refractivity contribution in [1.82, 2.24) is 0 Å². The lowest BCUT2D eigenvalue weighted by Crippen LogP contribution is -2.03. The molecule has 4 atom stereocenters. The molecular formula is C10H11NO. The summed E-state index contributed by atoms with van der Waals surface area (Å²) < 4.78 is 0. The summed E-state index contributed by atoms with van der Waals surface area (Å²) in [6.07, 6.45) is 9.71. The van der Waals surface area contributed by atoms with Gasteiger partial charge in [-0.1, -0.05) is 29.5 Å². The molecule has 3 aliphatic rings. The molecule has 0 aliphatic heterocycles. The molecule has 0 aromatic heterocycles. The number of oxime groups is 1. The van der Waals surface area contributed by atoms with Gasteiger partial charge in [-0.3, -0.25) is 0 Å². The summed E-state index contributed by atoms with van der Waals surface area (Å²) in [7, 11) is 0. The zero-order valence-electron chi connectivity index (χ0n) is 6.72. The first-order valence-electron chi connectivity index (χ1n) is 4.47. The largest absolute Gasteiger partial charge is 0.411 e. The minimum atomic E-state index is 0.571. The molecule has 0 heterocycles. The normalized spacial score (nSPS) is 50.8. The standard InChI is InChI=1S/C10H11NO/c12-11-8-5-6-3-1-2-4-7-9(6)10(7)8/h1-4,6-7,9-10,12H,5H2/b11-8-/t6-,7+,9+,10-/m0/s1. The second-order valence-corrected chi connectivity index (χ2v) is 3.91. The van der Waals surface area contributed by atoms with Crippen LogP contribution in [0.3, 0.4) is 0 Å². The quantitative estimate of drug-likeness (QED) is 0.426. The lowest BCUT2D eigenvalue weighted by atomic mass is 10.0. The summed E-state index contributed by atoms with van der Waals surface area (Å²) in [4.78, 5) is 0. The fourth-order valence-corrected chi connectivity index (χ4v) is 2.82. The Labute approximate surface area is 71.3 Å². The van der Waals surface area contributed by atoms with Crippen molar-refractivity contribution in [2.45, 2.75) is 6.42 Å². The highest BCUT2D eigenvalue weighted by Gasteiger charge is 2.60. The molecule has 0 spiro atoms. The van der Waals surface area contributed by atoms with E-state index in [2.05, 4.69) is 29.5 Å². The molecule has 0 aromatic carbocycles. The summed E-state index contributed by atoms with van der Waals surface area (Å²) in [5.74, 6) is 2.64. The Morgan fingerprint density at radius 1 is 1.33 bits per heavy atom. The number of hydrogen-bond donors (Lipinski definition) is 1. The van der Waals surface area contributed by atoms with Crippen molar-refractivity contribution in [1.29, 1.82) is 0 Å². The molecule has 2 fully saturated rings. The number of allylic oxidation sites excluding steroid dienone is 4. The number of fused-ring (bicyclic) bond motifs is 1. The van der Waals surface area contributed by atoms with Gasteiger partial charge in [-0.05, 0) is 24.2 Å². The average Bonchev–Trinajstić information content (AvgIpc) is 2.69. The Hall–Kier alpha value is -1.05. The molecule has 3 rings (SSSR count). The second kappa shape index (κ2) is 2.00. The molecule has 3 aliphatic carbocycles. The van der Waals surface area contributed by atoms with E-state index in [1.807, 2.05) is 0 Å². The fraction of sp³-hybridized carbons (Fsp3) is 0.500. The molecular weight excluding hydrogens is 150 g/mol. The minimum absolute atomic E-state index is 0.571. The first-order chi connectivity index (χ1) is 5.92. The maximum atomic E-state index is 8.75. The van der Waals surface area contributed by atoms with Gasteiger partial charge in [-0.25, -0.2) is 0 Å². The van der Waals surface area contributed by atoms with E-state index >= 15 is 0 Å². The summed E-state index contributed by atoms with van der Waals surface area (Å²) in [5, 5.41) is 12.1. The van der Waals surface area contributed by atoms with E-state index in [0.29, 0.717) is 17.8 Å².